The third-order valence-electron chi connectivity index (χ3n) is 4.54. The molecule has 3 rings (SSSR count). The number of pyridine rings is 1. The second-order valence-corrected chi connectivity index (χ2v) is 7.66. The van der Waals surface area contributed by atoms with E-state index in [9.17, 15) is 19.8 Å². The summed E-state index contributed by atoms with van der Waals surface area (Å²) in [5, 5.41) is 21.1. The predicted molar refractivity (Wildman–Crippen MR) is 108 cm³/mol. The van der Waals surface area contributed by atoms with Crippen LogP contribution in [0.15, 0.2) is 52.8 Å². The average molecular weight is 446 g/mol. The van der Waals surface area contributed by atoms with Gasteiger partial charge in [0.05, 0.1) is 17.2 Å². The molecule has 2 heterocycles. The van der Waals surface area contributed by atoms with E-state index in [0.717, 1.165) is 0 Å². The number of phenolic OH excluding ortho intramolecular Hbond substituents is 1. The number of hydrogen-bond donors (Lipinski definition) is 2. The van der Waals surface area contributed by atoms with Crippen LogP contribution in [0.1, 0.15) is 17.2 Å². The number of rotatable bonds is 5. The topological polar surface area (TPSA) is 94.0 Å². The predicted octanol–water partition coefficient (Wildman–Crippen LogP) is 2.53. The number of aromatic hydroxyl groups is 1. The number of likely N-dealkylation sites (tertiary alicyclic amines) is 1. The minimum atomic E-state index is -0.788. The first-order chi connectivity index (χ1) is 13.3. The number of phenols is 1. The van der Waals surface area contributed by atoms with Crippen LogP contribution in [-0.2, 0) is 9.59 Å². The molecule has 0 saturated carbocycles. The fraction of sp³-hybridized carbons (Fsp3) is 0.250. The zero-order chi connectivity index (χ0) is 20.4. The lowest BCUT2D eigenvalue weighted by atomic mass is 9.96. The van der Waals surface area contributed by atoms with Gasteiger partial charge < -0.3 is 20.0 Å². The largest absolute Gasteiger partial charge is 0.507 e. The van der Waals surface area contributed by atoms with Crippen molar-refractivity contribution in [1.82, 2.24) is 14.8 Å². The summed E-state index contributed by atoms with van der Waals surface area (Å²) in [6, 6.07) is 7.18. The van der Waals surface area contributed by atoms with Crippen LogP contribution in [0, 0.1) is 0 Å². The fourth-order valence-electron chi connectivity index (χ4n) is 3.15. The van der Waals surface area contributed by atoms with Crippen LogP contribution in [0.25, 0.3) is 5.76 Å². The number of benzene rings is 1. The maximum Gasteiger partial charge on any atom is 0.295 e. The number of Topliss-reactive ketones (excluding diaryl/α,β-unsaturated/α-hetero) is 1. The fourth-order valence-corrected chi connectivity index (χ4v) is 3.51. The van der Waals surface area contributed by atoms with Gasteiger partial charge in [-0.25, -0.2) is 0 Å². The van der Waals surface area contributed by atoms with Gasteiger partial charge in [-0.15, -0.1) is 0 Å². The smallest absolute Gasteiger partial charge is 0.295 e. The van der Waals surface area contributed by atoms with E-state index in [0.29, 0.717) is 23.1 Å². The van der Waals surface area contributed by atoms with E-state index in [-0.39, 0.29) is 16.9 Å². The Balaban J connectivity index is 2.18. The van der Waals surface area contributed by atoms with Crippen molar-refractivity contribution in [3.8, 4) is 5.75 Å². The number of carbonyl (C=O) groups is 2. The van der Waals surface area contributed by atoms with Crippen molar-refractivity contribution in [2.75, 3.05) is 27.2 Å². The summed E-state index contributed by atoms with van der Waals surface area (Å²) in [4.78, 5) is 33.0. The normalized spacial score (nSPS) is 18.9. The molecule has 0 spiro atoms. The van der Waals surface area contributed by atoms with Gasteiger partial charge in [0.15, 0.2) is 0 Å². The summed E-state index contributed by atoms with van der Waals surface area (Å²) < 4.78 is 0.617. The van der Waals surface area contributed by atoms with Crippen LogP contribution in [0.2, 0.25) is 0 Å². The van der Waals surface area contributed by atoms with E-state index in [1.807, 2.05) is 19.0 Å². The van der Waals surface area contributed by atoms with Gasteiger partial charge in [0, 0.05) is 30.0 Å². The molecular formula is C20H20BrN3O4. The molecule has 1 fully saturated rings. The van der Waals surface area contributed by atoms with Crippen molar-refractivity contribution < 1.29 is 19.8 Å². The van der Waals surface area contributed by atoms with Crippen molar-refractivity contribution in [1.29, 1.82) is 0 Å². The van der Waals surface area contributed by atoms with Gasteiger partial charge in [-0.2, -0.15) is 0 Å². The molecule has 1 aromatic carbocycles. The molecule has 0 unspecified atom stereocenters. The van der Waals surface area contributed by atoms with Crippen molar-refractivity contribution in [2.24, 2.45) is 0 Å². The van der Waals surface area contributed by atoms with Crippen molar-refractivity contribution in [2.45, 2.75) is 6.04 Å². The molecule has 1 aliphatic heterocycles. The van der Waals surface area contributed by atoms with Crippen LogP contribution >= 0.6 is 15.9 Å². The first kappa shape index (κ1) is 20.0. The minimum absolute atomic E-state index is 0.0647. The highest BCUT2D eigenvalue weighted by atomic mass is 79.9. The Hall–Kier alpha value is -2.71. The highest BCUT2D eigenvalue weighted by Crippen LogP contribution is 2.40. The lowest BCUT2D eigenvalue weighted by Crippen LogP contribution is -2.35. The Morgan fingerprint density at radius 2 is 2.04 bits per heavy atom. The molecule has 28 heavy (non-hydrogen) atoms. The third-order valence-corrected chi connectivity index (χ3v) is 5.04. The molecule has 2 aromatic rings. The molecule has 8 heteroatoms. The van der Waals surface area contributed by atoms with Crippen LogP contribution in [-0.4, -0.2) is 63.9 Å². The monoisotopic (exact) mass is 445 g/mol. The summed E-state index contributed by atoms with van der Waals surface area (Å²) in [6.07, 6.45) is 3.16. The van der Waals surface area contributed by atoms with E-state index in [1.54, 1.807) is 30.6 Å². The zero-order valence-electron chi connectivity index (χ0n) is 15.5. The lowest BCUT2D eigenvalue weighted by molar-refractivity contribution is -0.140. The minimum Gasteiger partial charge on any atom is -0.507 e. The molecule has 7 nitrogen and oxygen atoms in total. The van der Waals surface area contributed by atoms with Gasteiger partial charge in [0.25, 0.3) is 11.7 Å². The van der Waals surface area contributed by atoms with E-state index >= 15 is 0 Å². The first-order valence-electron chi connectivity index (χ1n) is 8.63. The van der Waals surface area contributed by atoms with E-state index in [4.69, 9.17) is 0 Å². The van der Waals surface area contributed by atoms with Gasteiger partial charge in [-0.05, 0) is 43.9 Å². The number of halogens is 1. The molecule has 1 amide bonds. The highest BCUT2D eigenvalue weighted by molar-refractivity contribution is 9.10. The van der Waals surface area contributed by atoms with E-state index < -0.39 is 23.5 Å². The Morgan fingerprint density at radius 1 is 1.29 bits per heavy atom. The molecule has 1 atom stereocenters. The molecule has 2 N–H and O–H groups in total. The molecular weight excluding hydrogens is 426 g/mol. The number of aromatic nitrogens is 1. The molecule has 1 aromatic heterocycles. The number of amides is 1. The van der Waals surface area contributed by atoms with Gasteiger partial charge in [-0.3, -0.25) is 14.6 Å². The first-order valence-corrected chi connectivity index (χ1v) is 9.42. The van der Waals surface area contributed by atoms with Crippen LogP contribution in [0.4, 0.5) is 0 Å². The average Bonchev–Trinajstić information content (AvgIpc) is 2.93. The van der Waals surface area contributed by atoms with E-state index in [2.05, 4.69) is 20.9 Å². The van der Waals surface area contributed by atoms with Crippen molar-refractivity contribution in [3.63, 3.8) is 0 Å². The number of nitrogens with zero attached hydrogens (tertiary/aromatic N) is 3. The Morgan fingerprint density at radius 3 is 2.68 bits per heavy atom. The van der Waals surface area contributed by atoms with Crippen LogP contribution in [0.5, 0.6) is 5.75 Å². The summed E-state index contributed by atoms with van der Waals surface area (Å²) in [6.45, 7) is 0.852. The van der Waals surface area contributed by atoms with Gasteiger partial charge in [0.2, 0.25) is 0 Å². The number of aliphatic hydroxyl groups is 1. The van der Waals surface area contributed by atoms with E-state index in [1.165, 1.54) is 17.0 Å². The van der Waals surface area contributed by atoms with Gasteiger partial charge in [-0.1, -0.05) is 22.0 Å². The SMILES string of the molecule is CN(C)CCN1C(=O)C(=O)C(=C(O)c2cc(Br)ccc2O)[C@@H]1c1cccnc1. The summed E-state index contributed by atoms with van der Waals surface area (Å²) in [5.41, 5.74) is 0.621. The summed E-state index contributed by atoms with van der Waals surface area (Å²) in [5.74, 6) is -2.08. The molecule has 0 bridgehead atoms. The van der Waals surface area contributed by atoms with Crippen molar-refractivity contribution >= 4 is 33.4 Å². The number of aliphatic hydroxyl groups excluding tert-OH is 1. The number of hydrogen-bond acceptors (Lipinski definition) is 6. The maximum atomic E-state index is 12.8. The second-order valence-electron chi connectivity index (χ2n) is 6.74. The zero-order valence-corrected chi connectivity index (χ0v) is 17.0. The molecule has 146 valence electrons. The highest BCUT2D eigenvalue weighted by Gasteiger charge is 2.46. The number of likely N-dealkylation sites (N-methyl/N-ethyl adjacent to an activating group) is 1. The Kier molecular flexibility index (Phi) is 5.81. The Bertz CT molecular complexity index is 944. The van der Waals surface area contributed by atoms with Crippen LogP contribution < -0.4 is 0 Å². The van der Waals surface area contributed by atoms with Gasteiger partial charge in [0.1, 0.15) is 11.5 Å². The summed E-state index contributed by atoms with van der Waals surface area (Å²) in [7, 11) is 3.74. The lowest BCUT2D eigenvalue weighted by Gasteiger charge is -2.26. The number of ketones is 1. The molecule has 1 saturated heterocycles. The number of carbonyl (C=O) groups excluding carboxylic acids is 2. The quantitative estimate of drug-likeness (QED) is 0.417. The second kappa shape index (κ2) is 8.12. The Labute approximate surface area is 171 Å². The standard InChI is InChI=1S/C20H20BrN3O4/c1-23(2)8-9-24-17(12-4-3-7-22-11-12)16(19(27)20(24)28)18(26)14-10-13(21)5-6-15(14)25/h3-7,10-11,17,25-26H,8-9H2,1-2H3/t17-/m0/s1. The third kappa shape index (κ3) is 3.79. The maximum absolute atomic E-state index is 12.8. The molecule has 0 aliphatic carbocycles. The van der Waals surface area contributed by atoms with Crippen LogP contribution in [0.3, 0.4) is 0 Å². The molecule has 0 radical (unpaired) electrons. The van der Waals surface area contributed by atoms with Crippen molar-refractivity contribution in [3.05, 3.63) is 63.9 Å². The van der Waals surface area contributed by atoms with Gasteiger partial charge >= 0.3 is 0 Å². The summed E-state index contributed by atoms with van der Waals surface area (Å²) >= 11 is 3.29. The molecule has 1 aliphatic rings.